The van der Waals surface area contributed by atoms with Crippen LogP contribution in [0.15, 0.2) is 48.5 Å². The molecule has 0 fully saturated rings. The molecule has 0 heterocycles. The smallest absolute Gasteiger partial charge is 0.150 e. The van der Waals surface area contributed by atoms with Crippen molar-refractivity contribution in [2.45, 2.75) is 0 Å². The van der Waals surface area contributed by atoms with E-state index >= 15 is 0 Å². The van der Waals surface area contributed by atoms with E-state index in [1.54, 1.807) is 0 Å². The molecule has 74 valence electrons. The molecule has 0 amide bonds. The van der Waals surface area contributed by atoms with Gasteiger partial charge in [0.05, 0.1) is 0 Å². The second-order valence-electron chi connectivity index (χ2n) is 3.22. The number of hydrogen-bond acceptors (Lipinski definition) is 1. The fourth-order valence-corrected chi connectivity index (χ4v) is 2.03. The lowest BCUT2D eigenvalue weighted by Gasteiger charge is -2.05. The normalized spacial score (nSPS) is 9.93. The standard InChI is InChI=1S/C13H9IO/c14-12-6-7-13(11(8-12)9-15)10-4-2-1-3-5-10/h1-9H. The van der Waals surface area contributed by atoms with Crippen LogP contribution in [0, 0.1) is 3.57 Å². The van der Waals surface area contributed by atoms with Gasteiger partial charge in [-0.15, -0.1) is 0 Å². The van der Waals surface area contributed by atoms with Crippen molar-refractivity contribution >= 4 is 28.9 Å². The van der Waals surface area contributed by atoms with Crippen LogP contribution in [0.4, 0.5) is 0 Å². The molecule has 0 unspecified atom stereocenters. The lowest BCUT2D eigenvalue weighted by atomic mass is 10.0. The van der Waals surface area contributed by atoms with Gasteiger partial charge in [-0.25, -0.2) is 0 Å². The first kappa shape index (κ1) is 10.4. The van der Waals surface area contributed by atoms with Crippen molar-refractivity contribution < 1.29 is 4.79 Å². The molecule has 0 saturated carbocycles. The highest BCUT2D eigenvalue weighted by molar-refractivity contribution is 14.1. The Kier molecular flexibility index (Phi) is 3.16. The topological polar surface area (TPSA) is 17.1 Å². The van der Waals surface area contributed by atoms with Crippen LogP contribution in [0.2, 0.25) is 0 Å². The summed E-state index contributed by atoms with van der Waals surface area (Å²) in [5.41, 5.74) is 2.81. The molecule has 0 aliphatic carbocycles. The number of carbonyl (C=O) groups excluding carboxylic acids is 1. The summed E-state index contributed by atoms with van der Waals surface area (Å²) in [6.45, 7) is 0. The molecule has 1 nitrogen and oxygen atoms in total. The van der Waals surface area contributed by atoms with E-state index in [1.807, 2.05) is 48.5 Å². The summed E-state index contributed by atoms with van der Waals surface area (Å²) in [6.07, 6.45) is 0.907. The van der Waals surface area contributed by atoms with Crippen LogP contribution in [0.1, 0.15) is 10.4 Å². The van der Waals surface area contributed by atoms with Crippen LogP contribution in [-0.2, 0) is 0 Å². The first-order valence-electron chi connectivity index (χ1n) is 4.61. The largest absolute Gasteiger partial charge is 0.298 e. The first-order valence-corrected chi connectivity index (χ1v) is 5.69. The van der Waals surface area contributed by atoms with Gasteiger partial charge in [0.1, 0.15) is 0 Å². The van der Waals surface area contributed by atoms with Crippen molar-refractivity contribution in [3.05, 3.63) is 57.7 Å². The average Bonchev–Trinajstić information content (AvgIpc) is 2.30. The van der Waals surface area contributed by atoms with E-state index in [2.05, 4.69) is 22.6 Å². The third-order valence-corrected chi connectivity index (χ3v) is 2.90. The van der Waals surface area contributed by atoms with Crippen LogP contribution < -0.4 is 0 Å². The van der Waals surface area contributed by atoms with Gasteiger partial charge >= 0.3 is 0 Å². The maximum atomic E-state index is 10.9. The van der Waals surface area contributed by atoms with Crippen molar-refractivity contribution in [2.24, 2.45) is 0 Å². The molecule has 2 aromatic carbocycles. The van der Waals surface area contributed by atoms with Gasteiger partial charge in [-0.3, -0.25) is 4.79 Å². The van der Waals surface area contributed by atoms with Crippen LogP contribution in [0.3, 0.4) is 0 Å². The van der Waals surface area contributed by atoms with Gasteiger partial charge in [-0.1, -0.05) is 36.4 Å². The summed E-state index contributed by atoms with van der Waals surface area (Å²) >= 11 is 2.21. The van der Waals surface area contributed by atoms with E-state index < -0.39 is 0 Å². The molecule has 0 radical (unpaired) electrons. The van der Waals surface area contributed by atoms with Crippen molar-refractivity contribution in [2.75, 3.05) is 0 Å². The Bertz CT molecular complexity index is 477. The summed E-state index contributed by atoms with van der Waals surface area (Å²) in [7, 11) is 0. The Morgan fingerprint density at radius 3 is 2.40 bits per heavy atom. The molecule has 2 rings (SSSR count). The second-order valence-corrected chi connectivity index (χ2v) is 4.46. The zero-order valence-electron chi connectivity index (χ0n) is 7.98. The molecular formula is C13H9IO. The van der Waals surface area contributed by atoms with Crippen molar-refractivity contribution in [1.82, 2.24) is 0 Å². The maximum absolute atomic E-state index is 10.9. The van der Waals surface area contributed by atoms with Gasteiger partial charge in [0.2, 0.25) is 0 Å². The number of carbonyl (C=O) groups is 1. The maximum Gasteiger partial charge on any atom is 0.150 e. The molecule has 2 heteroatoms. The Balaban J connectivity index is 2.58. The summed E-state index contributed by atoms with van der Waals surface area (Å²) in [4.78, 5) is 10.9. The predicted molar refractivity (Wildman–Crippen MR) is 70.0 cm³/mol. The number of hydrogen-bond donors (Lipinski definition) is 0. The Morgan fingerprint density at radius 1 is 1.00 bits per heavy atom. The molecular weight excluding hydrogens is 299 g/mol. The molecule has 0 atom stereocenters. The van der Waals surface area contributed by atoms with Gasteiger partial charge in [0, 0.05) is 9.13 Å². The molecule has 15 heavy (non-hydrogen) atoms. The van der Waals surface area contributed by atoms with E-state index in [1.165, 1.54) is 0 Å². The van der Waals surface area contributed by atoms with Crippen LogP contribution in [0.25, 0.3) is 11.1 Å². The summed E-state index contributed by atoms with van der Waals surface area (Å²) in [6, 6.07) is 15.8. The number of aldehydes is 1. The Labute approximate surface area is 102 Å². The number of benzene rings is 2. The summed E-state index contributed by atoms with van der Waals surface area (Å²) < 4.78 is 1.08. The zero-order chi connectivity index (χ0) is 10.7. The quantitative estimate of drug-likeness (QED) is 0.610. The fraction of sp³-hybridized carbons (Fsp3) is 0. The minimum Gasteiger partial charge on any atom is -0.298 e. The Hall–Kier alpha value is -1.16. The van der Waals surface area contributed by atoms with E-state index in [0.717, 1.165) is 26.5 Å². The van der Waals surface area contributed by atoms with Gasteiger partial charge in [-0.05, 0) is 45.9 Å². The van der Waals surface area contributed by atoms with Gasteiger partial charge in [0.15, 0.2) is 6.29 Å². The van der Waals surface area contributed by atoms with E-state index in [9.17, 15) is 4.79 Å². The minimum absolute atomic E-state index is 0.744. The van der Waals surface area contributed by atoms with Crippen LogP contribution in [0.5, 0.6) is 0 Å². The highest BCUT2D eigenvalue weighted by Gasteiger charge is 2.03. The molecule has 0 bridgehead atoms. The van der Waals surface area contributed by atoms with Crippen LogP contribution in [-0.4, -0.2) is 6.29 Å². The molecule has 0 N–H and O–H groups in total. The van der Waals surface area contributed by atoms with Crippen LogP contribution >= 0.6 is 22.6 Å². The predicted octanol–water partition coefficient (Wildman–Crippen LogP) is 3.77. The highest BCUT2D eigenvalue weighted by Crippen LogP contribution is 2.23. The Morgan fingerprint density at radius 2 is 1.73 bits per heavy atom. The van der Waals surface area contributed by atoms with Crippen molar-refractivity contribution in [3.63, 3.8) is 0 Å². The number of rotatable bonds is 2. The number of halogens is 1. The second kappa shape index (κ2) is 4.57. The highest BCUT2D eigenvalue weighted by atomic mass is 127. The van der Waals surface area contributed by atoms with Crippen molar-refractivity contribution in [1.29, 1.82) is 0 Å². The monoisotopic (exact) mass is 308 g/mol. The molecule has 0 spiro atoms. The third-order valence-electron chi connectivity index (χ3n) is 2.23. The molecule has 2 aromatic rings. The summed E-state index contributed by atoms with van der Waals surface area (Å²) in [5.74, 6) is 0. The van der Waals surface area contributed by atoms with E-state index in [-0.39, 0.29) is 0 Å². The zero-order valence-corrected chi connectivity index (χ0v) is 10.1. The lowest BCUT2D eigenvalue weighted by Crippen LogP contribution is -1.88. The SMILES string of the molecule is O=Cc1cc(I)ccc1-c1ccccc1. The fourth-order valence-electron chi connectivity index (χ4n) is 1.51. The summed E-state index contributed by atoms with van der Waals surface area (Å²) in [5, 5.41) is 0. The first-order chi connectivity index (χ1) is 7.31. The molecule has 0 aromatic heterocycles. The molecule has 0 aliphatic heterocycles. The van der Waals surface area contributed by atoms with E-state index in [4.69, 9.17) is 0 Å². The lowest BCUT2D eigenvalue weighted by molar-refractivity contribution is 0.112. The third kappa shape index (κ3) is 2.26. The average molecular weight is 308 g/mol. The molecule has 0 aliphatic rings. The van der Waals surface area contributed by atoms with Crippen molar-refractivity contribution in [3.8, 4) is 11.1 Å². The van der Waals surface area contributed by atoms with Gasteiger partial charge < -0.3 is 0 Å². The molecule has 0 saturated heterocycles. The van der Waals surface area contributed by atoms with Gasteiger partial charge in [-0.2, -0.15) is 0 Å². The van der Waals surface area contributed by atoms with E-state index in [0.29, 0.717) is 0 Å². The minimum atomic E-state index is 0.744. The van der Waals surface area contributed by atoms with Gasteiger partial charge in [0.25, 0.3) is 0 Å².